The number of carbonyl (C=O) groups excluding carboxylic acids is 2. The van der Waals surface area contributed by atoms with Crippen LogP contribution in [-0.4, -0.2) is 34.0 Å². The van der Waals surface area contributed by atoms with E-state index in [1.54, 1.807) is 23.2 Å². The normalized spacial score (nSPS) is 23.4. The molecular formula is C27H27N3O3S. The highest BCUT2D eigenvalue weighted by molar-refractivity contribution is 7.10. The molecule has 2 N–H and O–H groups in total. The first-order valence-electron chi connectivity index (χ1n) is 11.4. The van der Waals surface area contributed by atoms with Gasteiger partial charge in [0.1, 0.15) is 12.1 Å². The molecule has 2 aliphatic rings. The van der Waals surface area contributed by atoms with Crippen LogP contribution in [0.3, 0.4) is 0 Å². The van der Waals surface area contributed by atoms with E-state index in [4.69, 9.17) is 0 Å². The van der Waals surface area contributed by atoms with Crippen molar-refractivity contribution in [2.24, 2.45) is 5.92 Å². The van der Waals surface area contributed by atoms with Crippen LogP contribution in [-0.2, 0) is 9.59 Å². The minimum atomic E-state index is -0.853. The number of nitrogens with one attached hydrogen (secondary N) is 1. The molecule has 4 unspecified atom stereocenters. The molecule has 6 nitrogen and oxygen atoms in total. The number of carbonyl (C=O) groups is 2. The summed E-state index contributed by atoms with van der Waals surface area (Å²) in [7, 11) is 0. The van der Waals surface area contributed by atoms with Gasteiger partial charge in [-0.1, -0.05) is 62.4 Å². The fourth-order valence-electron chi connectivity index (χ4n) is 4.62. The monoisotopic (exact) mass is 473 g/mol. The number of thiophene rings is 1. The topological polar surface area (TPSA) is 72.9 Å². The molecule has 0 aliphatic carbocycles. The number of benzene rings is 2. The number of hydrogen-bond donors (Lipinski definition) is 2. The standard InChI is InChI=1S/C27H27N3O3S/c1-17(2)18-10-12-19(13-11-18)28-30-22(25(31)23-9-6-16-34-23)15-14-21-24(30)27(33)29(26(21)32)20-7-4-3-5-8-20/h3-17,21-22,24-25,28,31H,1-2H3. The fourth-order valence-corrected chi connectivity index (χ4v) is 5.37. The number of aliphatic hydroxyl groups is 1. The summed E-state index contributed by atoms with van der Waals surface area (Å²) in [6.45, 7) is 4.27. The first kappa shape index (κ1) is 22.5. The van der Waals surface area contributed by atoms with E-state index in [1.165, 1.54) is 21.8 Å². The number of imide groups is 1. The first-order chi connectivity index (χ1) is 16.5. The Morgan fingerprint density at radius 2 is 1.65 bits per heavy atom. The number of fused-ring (bicyclic) bond motifs is 1. The highest BCUT2D eigenvalue weighted by atomic mass is 32.1. The summed E-state index contributed by atoms with van der Waals surface area (Å²) in [5.41, 5.74) is 5.91. The molecule has 2 amide bonds. The summed E-state index contributed by atoms with van der Waals surface area (Å²) in [4.78, 5) is 29.0. The second-order valence-corrected chi connectivity index (χ2v) is 9.93. The van der Waals surface area contributed by atoms with Gasteiger partial charge < -0.3 is 10.5 Å². The van der Waals surface area contributed by atoms with Crippen molar-refractivity contribution < 1.29 is 14.7 Å². The van der Waals surface area contributed by atoms with Crippen LogP contribution in [0.25, 0.3) is 0 Å². The second kappa shape index (κ2) is 9.18. The molecule has 7 heteroatoms. The third kappa shape index (κ3) is 3.96. The van der Waals surface area contributed by atoms with Crippen LogP contribution in [0.2, 0.25) is 0 Å². The van der Waals surface area contributed by atoms with Crippen LogP contribution in [0, 0.1) is 5.92 Å². The molecule has 0 bridgehead atoms. The summed E-state index contributed by atoms with van der Waals surface area (Å²) in [6.07, 6.45) is 2.75. The Labute approximate surface area is 203 Å². The Morgan fingerprint density at radius 3 is 2.29 bits per heavy atom. The molecule has 0 radical (unpaired) electrons. The Kier molecular flexibility index (Phi) is 6.08. The van der Waals surface area contributed by atoms with Crippen molar-refractivity contribution in [3.05, 3.63) is 94.7 Å². The molecule has 1 fully saturated rings. The largest absolute Gasteiger partial charge is 0.386 e. The lowest BCUT2D eigenvalue weighted by atomic mass is 9.92. The molecule has 4 atom stereocenters. The Morgan fingerprint density at radius 1 is 0.912 bits per heavy atom. The third-order valence-corrected chi connectivity index (χ3v) is 7.41. The lowest BCUT2D eigenvalue weighted by Crippen LogP contribution is -2.55. The molecule has 1 aromatic heterocycles. The zero-order chi connectivity index (χ0) is 23.8. The van der Waals surface area contributed by atoms with Crippen LogP contribution >= 0.6 is 11.3 Å². The van der Waals surface area contributed by atoms with E-state index >= 15 is 0 Å². The van der Waals surface area contributed by atoms with E-state index < -0.39 is 24.1 Å². The molecule has 2 aliphatic heterocycles. The van der Waals surface area contributed by atoms with Gasteiger partial charge in [0.25, 0.3) is 5.91 Å². The summed E-state index contributed by atoms with van der Waals surface area (Å²) >= 11 is 1.46. The van der Waals surface area contributed by atoms with Gasteiger partial charge in [-0.25, -0.2) is 9.91 Å². The molecule has 3 aromatic rings. The number of anilines is 2. The summed E-state index contributed by atoms with van der Waals surface area (Å²) in [6, 6.07) is 19.5. The quantitative estimate of drug-likeness (QED) is 0.400. The highest BCUT2D eigenvalue weighted by Gasteiger charge is 2.54. The number of nitrogens with zero attached hydrogens (tertiary/aromatic N) is 2. The maximum atomic E-state index is 13.7. The van der Waals surface area contributed by atoms with Crippen molar-refractivity contribution in [2.75, 3.05) is 10.3 Å². The number of rotatable bonds is 6. The van der Waals surface area contributed by atoms with Gasteiger partial charge in [0, 0.05) is 10.6 Å². The van der Waals surface area contributed by atoms with Crippen molar-refractivity contribution in [3.63, 3.8) is 0 Å². The molecule has 174 valence electrons. The maximum Gasteiger partial charge on any atom is 0.254 e. The molecule has 0 spiro atoms. The maximum absolute atomic E-state index is 13.7. The van der Waals surface area contributed by atoms with Gasteiger partial charge in [-0.05, 0) is 47.2 Å². The zero-order valence-electron chi connectivity index (χ0n) is 19.0. The molecule has 2 aromatic carbocycles. The van der Waals surface area contributed by atoms with E-state index in [0.29, 0.717) is 11.6 Å². The van der Waals surface area contributed by atoms with Crippen molar-refractivity contribution >= 4 is 34.5 Å². The number of hydrogen-bond acceptors (Lipinski definition) is 6. The average molecular weight is 474 g/mol. The number of hydrazine groups is 1. The van der Waals surface area contributed by atoms with E-state index in [1.807, 2.05) is 66.1 Å². The Balaban J connectivity index is 1.52. The van der Waals surface area contributed by atoms with Crippen LogP contribution in [0.5, 0.6) is 0 Å². The summed E-state index contributed by atoms with van der Waals surface area (Å²) < 4.78 is 0. The summed E-state index contributed by atoms with van der Waals surface area (Å²) in [5, 5.41) is 14.9. The predicted molar refractivity (Wildman–Crippen MR) is 134 cm³/mol. The van der Waals surface area contributed by atoms with Gasteiger partial charge in [0.2, 0.25) is 5.91 Å². The van der Waals surface area contributed by atoms with Crippen molar-refractivity contribution in [1.29, 1.82) is 0 Å². The van der Waals surface area contributed by atoms with E-state index in [2.05, 4.69) is 19.3 Å². The minimum Gasteiger partial charge on any atom is -0.386 e. The molecule has 3 heterocycles. The van der Waals surface area contributed by atoms with Crippen molar-refractivity contribution in [2.45, 2.75) is 38.0 Å². The SMILES string of the molecule is CC(C)c1ccc(NN2C(C(O)c3cccs3)C=CC3C(=O)N(c4ccccc4)C(=O)C32)cc1. The average Bonchev–Trinajstić information content (AvgIpc) is 3.47. The third-order valence-electron chi connectivity index (χ3n) is 6.46. The van der Waals surface area contributed by atoms with Gasteiger partial charge >= 0.3 is 0 Å². The van der Waals surface area contributed by atoms with Gasteiger partial charge in [0.15, 0.2) is 0 Å². The Bertz CT molecular complexity index is 1190. The van der Waals surface area contributed by atoms with Gasteiger partial charge in [-0.2, -0.15) is 0 Å². The van der Waals surface area contributed by atoms with E-state index in [-0.39, 0.29) is 11.8 Å². The minimum absolute atomic E-state index is 0.261. The van der Waals surface area contributed by atoms with Crippen LogP contribution in [0.15, 0.2) is 84.3 Å². The lowest BCUT2D eigenvalue weighted by molar-refractivity contribution is -0.123. The number of aliphatic hydroxyl groups excluding tert-OH is 1. The van der Waals surface area contributed by atoms with Crippen LogP contribution < -0.4 is 10.3 Å². The van der Waals surface area contributed by atoms with Gasteiger partial charge in [-0.3, -0.25) is 9.59 Å². The van der Waals surface area contributed by atoms with Crippen molar-refractivity contribution in [1.82, 2.24) is 5.01 Å². The van der Waals surface area contributed by atoms with Crippen LogP contribution in [0.4, 0.5) is 11.4 Å². The number of para-hydroxylation sites is 1. The number of amides is 2. The molecular weight excluding hydrogens is 446 g/mol. The van der Waals surface area contributed by atoms with E-state index in [0.717, 1.165) is 10.6 Å². The second-order valence-electron chi connectivity index (χ2n) is 8.95. The van der Waals surface area contributed by atoms with Gasteiger partial charge in [-0.15, -0.1) is 11.3 Å². The lowest BCUT2D eigenvalue weighted by Gasteiger charge is -2.40. The van der Waals surface area contributed by atoms with Crippen LogP contribution in [0.1, 0.15) is 36.3 Å². The fraction of sp³-hybridized carbons (Fsp3) is 0.259. The summed E-state index contributed by atoms with van der Waals surface area (Å²) in [5.74, 6) is -0.802. The molecule has 5 rings (SSSR count). The zero-order valence-corrected chi connectivity index (χ0v) is 19.9. The predicted octanol–water partition coefficient (Wildman–Crippen LogP) is 4.73. The molecule has 0 saturated carbocycles. The Hall–Kier alpha value is -3.26. The van der Waals surface area contributed by atoms with Crippen molar-refractivity contribution in [3.8, 4) is 0 Å². The smallest absolute Gasteiger partial charge is 0.254 e. The molecule has 34 heavy (non-hydrogen) atoms. The van der Waals surface area contributed by atoms with E-state index in [9.17, 15) is 14.7 Å². The first-order valence-corrected chi connectivity index (χ1v) is 12.3. The van der Waals surface area contributed by atoms with Gasteiger partial charge in [0.05, 0.1) is 17.6 Å². The molecule has 1 saturated heterocycles. The highest BCUT2D eigenvalue weighted by Crippen LogP contribution is 2.38.